The topological polar surface area (TPSA) is 76.6 Å². The second kappa shape index (κ2) is 7.77. The van der Waals surface area contributed by atoms with Crippen molar-refractivity contribution in [2.75, 3.05) is 23.9 Å². The Bertz CT molecular complexity index is 830. The number of carbonyl (C=O) groups excluding carboxylic acids is 1. The zero-order valence-corrected chi connectivity index (χ0v) is 15.8. The van der Waals surface area contributed by atoms with E-state index in [0.717, 1.165) is 17.5 Å². The van der Waals surface area contributed by atoms with Crippen LogP contribution in [0.5, 0.6) is 5.75 Å². The number of cyclic esters (lactones) is 1. The van der Waals surface area contributed by atoms with E-state index in [4.69, 9.17) is 9.47 Å². The zero-order valence-electron chi connectivity index (χ0n) is 15.8. The van der Waals surface area contributed by atoms with Gasteiger partial charge in [-0.05, 0) is 30.5 Å². The van der Waals surface area contributed by atoms with Crippen LogP contribution in [0.25, 0.3) is 0 Å². The second-order valence-corrected chi connectivity index (χ2v) is 6.77. The number of aromatic nitrogens is 2. The van der Waals surface area contributed by atoms with Gasteiger partial charge in [0.2, 0.25) is 5.95 Å². The van der Waals surface area contributed by atoms with Gasteiger partial charge < -0.3 is 14.8 Å². The average molecular weight is 374 g/mol. The van der Waals surface area contributed by atoms with E-state index in [1.165, 1.54) is 4.90 Å². The number of methoxy groups -OCH3 is 1. The molecule has 0 bridgehead atoms. The molecule has 1 aromatic carbocycles. The molecule has 0 spiro atoms. The maximum Gasteiger partial charge on any atom is 0.416 e. The fourth-order valence-electron chi connectivity index (χ4n) is 2.95. The minimum Gasteiger partial charge on any atom is -0.497 e. The lowest BCUT2D eigenvalue weighted by atomic mass is 10.0. The Hall–Kier alpha value is -2.90. The van der Waals surface area contributed by atoms with Crippen LogP contribution < -0.4 is 15.0 Å². The molecule has 3 rings (SSSR count). The lowest BCUT2D eigenvalue weighted by molar-refractivity contribution is 0.177. The summed E-state index contributed by atoms with van der Waals surface area (Å²) in [4.78, 5) is 21.6. The van der Waals surface area contributed by atoms with Gasteiger partial charge >= 0.3 is 6.09 Å². The molecule has 2 heterocycles. The molecule has 8 heteroatoms. The maximum atomic E-state index is 14.4. The molecule has 1 aliphatic rings. The third kappa shape index (κ3) is 3.94. The van der Waals surface area contributed by atoms with Gasteiger partial charge in [0.25, 0.3) is 0 Å². The number of rotatable bonds is 6. The molecular weight excluding hydrogens is 351 g/mol. The van der Waals surface area contributed by atoms with Gasteiger partial charge in [0.15, 0.2) is 11.6 Å². The van der Waals surface area contributed by atoms with Gasteiger partial charge in [0, 0.05) is 0 Å². The zero-order chi connectivity index (χ0) is 19.6. The molecule has 1 amide bonds. The number of hydrogen-bond acceptors (Lipinski definition) is 6. The Balaban J connectivity index is 1.85. The SMILES string of the molecule is COc1cccc([C@H](C)Nc2ncc(F)c(N3C(=O)OC[C@@H]3C(C)C)n2)c1. The van der Waals surface area contributed by atoms with Crippen LogP contribution in [0.3, 0.4) is 0 Å². The van der Waals surface area contributed by atoms with E-state index < -0.39 is 11.9 Å². The van der Waals surface area contributed by atoms with Gasteiger partial charge in [-0.15, -0.1) is 0 Å². The first kappa shape index (κ1) is 18.9. The van der Waals surface area contributed by atoms with Crippen LogP contribution in [0.15, 0.2) is 30.5 Å². The van der Waals surface area contributed by atoms with E-state index >= 15 is 0 Å². The van der Waals surface area contributed by atoms with E-state index in [0.29, 0.717) is 0 Å². The van der Waals surface area contributed by atoms with Crippen molar-refractivity contribution in [2.24, 2.45) is 5.92 Å². The van der Waals surface area contributed by atoms with Crippen LogP contribution in [-0.2, 0) is 4.74 Å². The third-order valence-corrected chi connectivity index (χ3v) is 4.57. The summed E-state index contributed by atoms with van der Waals surface area (Å²) >= 11 is 0. The highest BCUT2D eigenvalue weighted by Crippen LogP contribution is 2.29. The summed E-state index contributed by atoms with van der Waals surface area (Å²) in [6, 6.07) is 7.16. The molecule has 144 valence electrons. The minimum atomic E-state index is -0.668. The molecule has 1 saturated heterocycles. The molecule has 1 aliphatic heterocycles. The number of benzene rings is 1. The molecule has 0 aliphatic carbocycles. The van der Waals surface area contributed by atoms with Crippen LogP contribution in [-0.4, -0.2) is 35.8 Å². The fraction of sp³-hybridized carbons (Fsp3) is 0.421. The number of amides is 1. The normalized spacial score (nSPS) is 17.8. The monoisotopic (exact) mass is 374 g/mol. The minimum absolute atomic E-state index is 0.0773. The molecule has 7 nitrogen and oxygen atoms in total. The Kier molecular flexibility index (Phi) is 5.43. The molecule has 0 saturated carbocycles. The smallest absolute Gasteiger partial charge is 0.416 e. The molecule has 2 aromatic rings. The fourth-order valence-corrected chi connectivity index (χ4v) is 2.95. The van der Waals surface area contributed by atoms with Crippen LogP contribution in [0, 0.1) is 11.7 Å². The Morgan fingerprint density at radius 2 is 2.15 bits per heavy atom. The first-order valence-electron chi connectivity index (χ1n) is 8.79. The van der Waals surface area contributed by atoms with E-state index in [1.807, 2.05) is 45.0 Å². The highest BCUT2D eigenvalue weighted by atomic mass is 19.1. The number of carbonyl (C=O) groups is 1. The van der Waals surface area contributed by atoms with Gasteiger partial charge in [0.05, 0.1) is 25.4 Å². The van der Waals surface area contributed by atoms with Gasteiger partial charge in [-0.2, -0.15) is 4.98 Å². The highest BCUT2D eigenvalue weighted by Gasteiger charge is 2.38. The Labute approximate surface area is 157 Å². The molecule has 0 unspecified atom stereocenters. The number of nitrogens with zero attached hydrogens (tertiary/aromatic N) is 3. The number of anilines is 2. The molecular formula is C19H23FN4O3. The quantitative estimate of drug-likeness (QED) is 0.829. The van der Waals surface area contributed by atoms with Gasteiger partial charge in [-0.1, -0.05) is 26.0 Å². The van der Waals surface area contributed by atoms with Gasteiger partial charge in [-0.3, -0.25) is 4.90 Å². The van der Waals surface area contributed by atoms with Crippen molar-refractivity contribution in [1.82, 2.24) is 9.97 Å². The highest BCUT2D eigenvalue weighted by molar-refractivity contribution is 5.89. The summed E-state index contributed by atoms with van der Waals surface area (Å²) in [5.74, 6) is 0.314. The summed E-state index contributed by atoms with van der Waals surface area (Å²) in [5.41, 5.74) is 0.962. The lowest BCUT2D eigenvalue weighted by Crippen LogP contribution is -2.38. The number of halogens is 1. The van der Waals surface area contributed by atoms with E-state index in [-0.39, 0.29) is 36.4 Å². The Morgan fingerprint density at radius 1 is 1.37 bits per heavy atom. The lowest BCUT2D eigenvalue weighted by Gasteiger charge is -2.24. The summed E-state index contributed by atoms with van der Waals surface area (Å²) in [6.07, 6.45) is 0.462. The predicted molar refractivity (Wildman–Crippen MR) is 99.5 cm³/mol. The molecule has 2 atom stereocenters. The maximum absolute atomic E-state index is 14.4. The van der Waals surface area contributed by atoms with Crippen molar-refractivity contribution in [2.45, 2.75) is 32.9 Å². The van der Waals surface area contributed by atoms with E-state index in [9.17, 15) is 9.18 Å². The van der Waals surface area contributed by atoms with Gasteiger partial charge in [-0.25, -0.2) is 14.2 Å². The summed E-state index contributed by atoms with van der Waals surface area (Å²) < 4.78 is 24.7. The Morgan fingerprint density at radius 3 is 2.85 bits per heavy atom. The third-order valence-electron chi connectivity index (χ3n) is 4.57. The standard InChI is InChI=1S/C19H23FN4O3/c1-11(2)16-10-27-19(25)24(16)17-15(20)9-21-18(23-17)22-12(3)13-6-5-7-14(8-13)26-4/h5-9,11-12,16H,10H2,1-4H3,(H,21,22,23)/t12-,16+/m0/s1. The number of ether oxygens (including phenoxy) is 2. The van der Waals surface area contributed by atoms with Crippen molar-refractivity contribution in [3.63, 3.8) is 0 Å². The van der Waals surface area contributed by atoms with Gasteiger partial charge in [0.1, 0.15) is 12.4 Å². The molecule has 27 heavy (non-hydrogen) atoms. The van der Waals surface area contributed by atoms with E-state index in [2.05, 4.69) is 15.3 Å². The molecule has 0 radical (unpaired) electrons. The number of nitrogens with one attached hydrogen (secondary N) is 1. The van der Waals surface area contributed by atoms with Crippen LogP contribution in [0.1, 0.15) is 32.4 Å². The summed E-state index contributed by atoms with van der Waals surface area (Å²) in [6.45, 7) is 6.04. The van der Waals surface area contributed by atoms with Crippen LogP contribution >= 0.6 is 0 Å². The van der Waals surface area contributed by atoms with Crippen molar-refractivity contribution < 1.29 is 18.7 Å². The van der Waals surface area contributed by atoms with Crippen molar-refractivity contribution in [3.8, 4) is 5.75 Å². The molecule has 1 fully saturated rings. The summed E-state index contributed by atoms with van der Waals surface area (Å²) in [5, 5.41) is 3.14. The van der Waals surface area contributed by atoms with E-state index in [1.54, 1.807) is 7.11 Å². The van der Waals surface area contributed by atoms with Crippen molar-refractivity contribution >= 4 is 17.9 Å². The van der Waals surface area contributed by atoms with Crippen molar-refractivity contribution in [1.29, 1.82) is 0 Å². The average Bonchev–Trinajstić information content (AvgIpc) is 3.05. The summed E-state index contributed by atoms with van der Waals surface area (Å²) in [7, 11) is 1.60. The predicted octanol–water partition coefficient (Wildman–Crippen LogP) is 3.78. The first-order chi connectivity index (χ1) is 12.9. The first-order valence-corrected chi connectivity index (χ1v) is 8.79. The number of hydrogen-bond donors (Lipinski definition) is 1. The molecule has 1 N–H and O–H groups in total. The van der Waals surface area contributed by atoms with Crippen molar-refractivity contribution in [3.05, 3.63) is 41.8 Å². The largest absolute Gasteiger partial charge is 0.497 e. The second-order valence-electron chi connectivity index (χ2n) is 6.77. The van der Waals surface area contributed by atoms with Crippen LogP contribution in [0.2, 0.25) is 0 Å². The van der Waals surface area contributed by atoms with Crippen LogP contribution in [0.4, 0.5) is 21.0 Å². The molecule has 1 aromatic heterocycles.